The van der Waals surface area contributed by atoms with E-state index >= 15 is 0 Å². The Bertz CT molecular complexity index is 315. The van der Waals surface area contributed by atoms with Gasteiger partial charge in [0.25, 0.3) is 0 Å². The molecule has 0 unspecified atom stereocenters. The van der Waals surface area contributed by atoms with Crippen LogP contribution >= 0.6 is 11.6 Å². The van der Waals surface area contributed by atoms with Crippen LogP contribution in [0.15, 0.2) is 12.1 Å². The Kier molecular flexibility index (Phi) is 4.04. The number of hydrogen-bond donors (Lipinski definition) is 1. The largest absolute Gasteiger partial charge is 0.492 e. The summed E-state index contributed by atoms with van der Waals surface area (Å²) in [4.78, 5) is 0. The van der Waals surface area contributed by atoms with Crippen molar-refractivity contribution in [2.24, 2.45) is 0 Å². The van der Waals surface area contributed by atoms with Crippen LogP contribution in [0.2, 0.25) is 5.02 Å². The summed E-state index contributed by atoms with van der Waals surface area (Å²) >= 11 is 5.96. The Morgan fingerprint density at radius 1 is 1.21 bits per heavy atom. The van der Waals surface area contributed by atoms with Crippen molar-refractivity contribution in [3.63, 3.8) is 0 Å². The van der Waals surface area contributed by atoms with Gasteiger partial charge in [-0.25, -0.2) is 0 Å². The molecule has 4 heteroatoms. The second-order valence-corrected chi connectivity index (χ2v) is 3.21. The molecule has 0 atom stereocenters. The van der Waals surface area contributed by atoms with E-state index in [1.54, 1.807) is 20.3 Å². The van der Waals surface area contributed by atoms with E-state index in [1.165, 1.54) is 0 Å². The molecular weight excluding hydrogens is 202 g/mol. The summed E-state index contributed by atoms with van der Waals surface area (Å²) in [6, 6.07) is 3.72. The minimum Gasteiger partial charge on any atom is -0.492 e. The zero-order chi connectivity index (χ0) is 10.6. The topological polar surface area (TPSA) is 30.5 Å². The zero-order valence-electron chi connectivity index (χ0n) is 8.56. The predicted molar refractivity (Wildman–Crippen MR) is 57.3 cm³/mol. The molecule has 0 aromatic heterocycles. The summed E-state index contributed by atoms with van der Waals surface area (Å²) < 4.78 is 10.4. The summed E-state index contributed by atoms with van der Waals surface area (Å²) in [6.45, 7) is 0.719. The third kappa shape index (κ3) is 2.11. The van der Waals surface area contributed by atoms with Crippen molar-refractivity contribution in [3.05, 3.63) is 22.7 Å². The van der Waals surface area contributed by atoms with Crippen LogP contribution in [0.4, 0.5) is 0 Å². The van der Waals surface area contributed by atoms with Gasteiger partial charge in [-0.15, -0.1) is 0 Å². The summed E-state index contributed by atoms with van der Waals surface area (Å²) in [5.74, 6) is 1.27. The monoisotopic (exact) mass is 215 g/mol. The van der Waals surface area contributed by atoms with Crippen LogP contribution in [-0.4, -0.2) is 21.3 Å². The van der Waals surface area contributed by atoms with E-state index in [2.05, 4.69) is 5.32 Å². The molecule has 1 rings (SSSR count). The van der Waals surface area contributed by atoms with Crippen LogP contribution in [0.25, 0.3) is 0 Å². The van der Waals surface area contributed by atoms with E-state index in [1.807, 2.05) is 13.1 Å². The van der Waals surface area contributed by atoms with E-state index in [0.717, 1.165) is 12.1 Å². The number of rotatable bonds is 4. The van der Waals surface area contributed by atoms with E-state index in [4.69, 9.17) is 21.1 Å². The SMILES string of the molecule is CNCc1ccc(Cl)c(OC)c1OC. The van der Waals surface area contributed by atoms with Gasteiger partial charge < -0.3 is 14.8 Å². The second-order valence-electron chi connectivity index (χ2n) is 2.80. The molecule has 0 saturated heterocycles. The third-order valence-electron chi connectivity index (χ3n) is 1.92. The van der Waals surface area contributed by atoms with Crippen LogP contribution in [0.1, 0.15) is 5.56 Å². The van der Waals surface area contributed by atoms with Crippen molar-refractivity contribution < 1.29 is 9.47 Å². The number of hydrogen-bond acceptors (Lipinski definition) is 3. The highest BCUT2D eigenvalue weighted by Crippen LogP contribution is 2.37. The molecule has 0 aliphatic rings. The van der Waals surface area contributed by atoms with Gasteiger partial charge >= 0.3 is 0 Å². The fraction of sp³-hybridized carbons (Fsp3) is 0.400. The molecule has 0 bridgehead atoms. The minimum absolute atomic E-state index is 0.559. The van der Waals surface area contributed by atoms with Gasteiger partial charge in [-0.1, -0.05) is 17.7 Å². The van der Waals surface area contributed by atoms with Crippen LogP contribution in [0.5, 0.6) is 11.5 Å². The minimum atomic E-state index is 0.559. The van der Waals surface area contributed by atoms with Gasteiger partial charge in [0.1, 0.15) is 0 Å². The number of benzene rings is 1. The number of ether oxygens (including phenoxy) is 2. The van der Waals surface area contributed by atoms with Crippen molar-refractivity contribution >= 4 is 11.6 Å². The number of nitrogens with one attached hydrogen (secondary N) is 1. The normalized spacial score (nSPS) is 10.0. The Morgan fingerprint density at radius 3 is 2.36 bits per heavy atom. The summed E-state index contributed by atoms with van der Waals surface area (Å²) in [6.07, 6.45) is 0. The van der Waals surface area contributed by atoms with Crippen LogP contribution in [-0.2, 0) is 6.54 Å². The first kappa shape index (κ1) is 11.1. The van der Waals surface area contributed by atoms with Gasteiger partial charge in [0.15, 0.2) is 11.5 Å². The van der Waals surface area contributed by atoms with Gasteiger partial charge in [-0.2, -0.15) is 0 Å². The summed E-state index contributed by atoms with van der Waals surface area (Å²) in [5.41, 5.74) is 1.02. The maximum absolute atomic E-state index is 5.96. The molecule has 78 valence electrons. The standard InChI is InChI=1S/C10H14ClNO2/c1-12-6-7-4-5-8(11)10(14-3)9(7)13-2/h4-5,12H,6H2,1-3H3. The van der Waals surface area contributed by atoms with E-state index in [-0.39, 0.29) is 0 Å². The van der Waals surface area contributed by atoms with Crippen molar-refractivity contribution in [2.45, 2.75) is 6.54 Å². The predicted octanol–water partition coefficient (Wildman–Crippen LogP) is 2.08. The first-order valence-corrected chi connectivity index (χ1v) is 4.66. The molecule has 0 fully saturated rings. The highest BCUT2D eigenvalue weighted by Gasteiger charge is 2.12. The molecule has 0 radical (unpaired) electrons. The van der Waals surface area contributed by atoms with Crippen LogP contribution < -0.4 is 14.8 Å². The Hall–Kier alpha value is -0.930. The first-order chi connectivity index (χ1) is 6.74. The lowest BCUT2D eigenvalue weighted by Crippen LogP contribution is -2.07. The van der Waals surface area contributed by atoms with E-state index in [0.29, 0.717) is 16.5 Å². The smallest absolute Gasteiger partial charge is 0.179 e. The second kappa shape index (κ2) is 5.08. The number of halogens is 1. The molecule has 14 heavy (non-hydrogen) atoms. The van der Waals surface area contributed by atoms with Gasteiger partial charge in [-0.3, -0.25) is 0 Å². The summed E-state index contributed by atoms with van der Waals surface area (Å²) in [7, 11) is 5.06. The maximum Gasteiger partial charge on any atom is 0.179 e. The molecule has 0 aliphatic heterocycles. The average molecular weight is 216 g/mol. The first-order valence-electron chi connectivity index (χ1n) is 4.28. The van der Waals surface area contributed by atoms with Gasteiger partial charge in [0.05, 0.1) is 19.2 Å². The van der Waals surface area contributed by atoms with Crippen LogP contribution in [0.3, 0.4) is 0 Å². The lowest BCUT2D eigenvalue weighted by molar-refractivity contribution is 0.351. The van der Waals surface area contributed by atoms with Gasteiger partial charge in [0, 0.05) is 12.1 Å². The highest BCUT2D eigenvalue weighted by atomic mass is 35.5. The molecule has 0 heterocycles. The molecule has 0 aliphatic carbocycles. The lowest BCUT2D eigenvalue weighted by atomic mass is 10.2. The van der Waals surface area contributed by atoms with Gasteiger partial charge in [-0.05, 0) is 13.1 Å². The zero-order valence-corrected chi connectivity index (χ0v) is 9.31. The molecule has 0 saturated carbocycles. The van der Waals surface area contributed by atoms with Crippen molar-refractivity contribution in [3.8, 4) is 11.5 Å². The van der Waals surface area contributed by atoms with Gasteiger partial charge in [0.2, 0.25) is 0 Å². The third-order valence-corrected chi connectivity index (χ3v) is 2.22. The fourth-order valence-corrected chi connectivity index (χ4v) is 1.55. The molecule has 1 aromatic carbocycles. The molecule has 1 N–H and O–H groups in total. The summed E-state index contributed by atoms with van der Waals surface area (Å²) in [5, 5.41) is 3.61. The molecule has 3 nitrogen and oxygen atoms in total. The molecule has 0 spiro atoms. The average Bonchev–Trinajstić information content (AvgIpc) is 2.20. The lowest BCUT2D eigenvalue weighted by Gasteiger charge is -2.13. The Morgan fingerprint density at radius 2 is 1.86 bits per heavy atom. The van der Waals surface area contributed by atoms with Crippen molar-refractivity contribution in [2.75, 3.05) is 21.3 Å². The number of methoxy groups -OCH3 is 2. The van der Waals surface area contributed by atoms with E-state index in [9.17, 15) is 0 Å². The fourth-order valence-electron chi connectivity index (χ4n) is 1.32. The Balaban J connectivity index is 3.18. The van der Waals surface area contributed by atoms with Crippen LogP contribution in [0, 0.1) is 0 Å². The van der Waals surface area contributed by atoms with E-state index < -0.39 is 0 Å². The van der Waals surface area contributed by atoms with Crippen molar-refractivity contribution in [1.82, 2.24) is 5.32 Å². The Labute approximate surface area is 89.0 Å². The molecular formula is C10H14ClNO2. The maximum atomic E-state index is 5.96. The molecule has 0 amide bonds. The quantitative estimate of drug-likeness (QED) is 0.834. The molecule has 1 aromatic rings. The van der Waals surface area contributed by atoms with Crippen molar-refractivity contribution in [1.29, 1.82) is 0 Å². The highest BCUT2D eigenvalue weighted by molar-refractivity contribution is 6.32.